The molecular formula is C12H21NO6. The average Bonchev–Trinajstić information content (AvgIpc) is 2.27. The lowest BCUT2D eigenvalue weighted by Gasteiger charge is -2.34. The summed E-state index contributed by atoms with van der Waals surface area (Å²) in [6.07, 6.45) is -4.33. The smallest absolute Gasteiger partial charge is 0.408 e. The lowest BCUT2D eigenvalue weighted by Crippen LogP contribution is -2.55. The molecule has 0 fully saturated rings. The molecule has 5 N–H and O–H groups in total. The molecule has 7 heteroatoms. The van der Waals surface area contributed by atoms with Crippen LogP contribution in [-0.2, 0) is 4.74 Å². The molecule has 0 heterocycles. The maximum absolute atomic E-state index is 11.6. The van der Waals surface area contributed by atoms with Crippen LogP contribution in [0.3, 0.4) is 0 Å². The molecule has 0 aliphatic heterocycles. The Morgan fingerprint density at radius 3 is 2.47 bits per heavy atom. The van der Waals surface area contributed by atoms with E-state index in [0.717, 1.165) is 6.08 Å². The molecule has 0 saturated carbocycles. The van der Waals surface area contributed by atoms with Gasteiger partial charge in [-0.3, -0.25) is 0 Å². The van der Waals surface area contributed by atoms with Gasteiger partial charge in [-0.15, -0.1) is 0 Å². The van der Waals surface area contributed by atoms with Crippen molar-refractivity contribution in [3.05, 3.63) is 11.6 Å². The van der Waals surface area contributed by atoms with E-state index >= 15 is 0 Å². The average molecular weight is 277 g/mol. The highest BCUT2D eigenvalue weighted by Crippen LogP contribution is 2.20. The molecule has 0 spiro atoms. The monoisotopic (exact) mass is 277 g/mol. The van der Waals surface area contributed by atoms with E-state index < -0.39 is 42.6 Å². The summed E-state index contributed by atoms with van der Waals surface area (Å²) >= 11 is 0. The van der Waals surface area contributed by atoms with E-state index in [4.69, 9.17) is 6.11 Å². The summed E-state index contributed by atoms with van der Waals surface area (Å²) in [4.78, 5) is 11.6. The Morgan fingerprint density at radius 2 is 2.00 bits per heavy atom. The van der Waals surface area contributed by atoms with E-state index in [0.29, 0.717) is 0 Å². The lowest BCUT2D eigenvalue weighted by molar-refractivity contribution is -0.0647. The third-order valence-electron chi connectivity index (χ3n) is 2.59. The van der Waals surface area contributed by atoms with Gasteiger partial charge in [0.05, 0.1) is 14.0 Å². The van der Waals surface area contributed by atoms with Crippen molar-refractivity contribution in [1.82, 2.24) is 5.32 Å². The first-order valence-corrected chi connectivity index (χ1v) is 5.88. The number of hydrogen-bond donors (Lipinski definition) is 5. The van der Waals surface area contributed by atoms with Crippen molar-refractivity contribution in [2.24, 2.45) is 0 Å². The van der Waals surface area contributed by atoms with Crippen molar-refractivity contribution in [2.75, 3.05) is 6.58 Å². The largest absolute Gasteiger partial charge is 0.444 e. The molecule has 1 rings (SSSR count). The maximum Gasteiger partial charge on any atom is 0.408 e. The van der Waals surface area contributed by atoms with Crippen molar-refractivity contribution in [1.29, 1.82) is 0 Å². The standard InChI is InChI=1S/C12H21NO6/c1-12(2,3)19-11(18)13-7-4-6(5-14)8(15)10(17)9(7)16/h4,7-10,14-17H,5H2,1-3H3,(H,13,18)/t7?,8?,9?,10-/m0/s1/i5T/t5?,7?,8?,9?,10-. The van der Waals surface area contributed by atoms with Gasteiger partial charge in [0.15, 0.2) is 0 Å². The van der Waals surface area contributed by atoms with Crippen molar-refractivity contribution >= 4 is 6.09 Å². The third-order valence-corrected chi connectivity index (χ3v) is 2.59. The Kier molecular flexibility index (Phi) is 4.41. The van der Waals surface area contributed by atoms with Crippen LogP contribution in [0.4, 0.5) is 4.79 Å². The number of alkyl carbamates (subject to hydrolysis) is 1. The Morgan fingerprint density at radius 1 is 1.42 bits per heavy atom. The van der Waals surface area contributed by atoms with Gasteiger partial charge in [0.1, 0.15) is 23.9 Å². The number of nitrogens with one attached hydrogen (secondary N) is 1. The zero-order chi connectivity index (χ0) is 15.7. The predicted octanol–water partition coefficient (Wildman–Crippen LogP) is -1.11. The maximum atomic E-state index is 11.6. The SMILES string of the molecule is [3H]C(O)C1=CC(NC(=O)OC(C)(C)C)C(O)[C@@H](O)C1O. The Bertz CT molecular complexity index is 392. The Labute approximate surface area is 112 Å². The van der Waals surface area contributed by atoms with Crippen LogP contribution in [0.5, 0.6) is 0 Å². The number of rotatable bonds is 2. The zero-order valence-electron chi connectivity index (χ0n) is 12.1. The van der Waals surface area contributed by atoms with Gasteiger partial charge in [-0.05, 0) is 26.3 Å². The molecule has 5 atom stereocenters. The van der Waals surface area contributed by atoms with Crippen LogP contribution in [0, 0.1) is 0 Å². The van der Waals surface area contributed by atoms with Gasteiger partial charge in [0.2, 0.25) is 0 Å². The topological polar surface area (TPSA) is 119 Å². The minimum absolute atomic E-state index is 0.191. The second-order valence-electron chi connectivity index (χ2n) is 5.39. The van der Waals surface area contributed by atoms with Gasteiger partial charge in [-0.2, -0.15) is 0 Å². The van der Waals surface area contributed by atoms with Gasteiger partial charge >= 0.3 is 6.09 Å². The Balaban J connectivity index is 2.85. The molecule has 1 aliphatic rings. The summed E-state index contributed by atoms with van der Waals surface area (Å²) in [5.74, 6) is 0. The highest BCUT2D eigenvalue weighted by Gasteiger charge is 2.38. The molecule has 1 aliphatic carbocycles. The van der Waals surface area contributed by atoms with Crippen LogP contribution in [0.15, 0.2) is 11.6 Å². The number of ether oxygens (including phenoxy) is 1. The minimum atomic E-state index is -1.75. The third kappa shape index (κ3) is 4.17. The summed E-state index contributed by atoms with van der Waals surface area (Å²) in [6, 6.07) is -1.07. The van der Waals surface area contributed by atoms with Crippen LogP contribution < -0.4 is 5.32 Å². The molecule has 19 heavy (non-hydrogen) atoms. The summed E-state index contributed by atoms with van der Waals surface area (Å²) in [6.45, 7) is 3.24. The molecule has 0 aromatic heterocycles. The molecule has 0 aromatic rings. The van der Waals surface area contributed by atoms with Gasteiger partial charge in [0.25, 0.3) is 0 Å². The minimum Gasteiger partial charge on any atom is -0.444 e. The van der Waals surface area contributed by atoms with Crippen molar-refractivity contribution in [3.63, 3.8) is 0 Å². The molecule has 7 nitrogen and oxygen atoms in total. The summed E-state index contributed by atoms with van der Waals surface area (Å²) < 4.78 is 12.2. The van der Waals surface area contributed by atoms with Gasteiger partial charge in [0, 0.05) is 0 Å². The van der Waals surface area contributed by atoms with E-state index in [9.17, 15) is 25.2 Å². The van der Waals surface area contributed by atoms with Gasteiger partial charge < -0.3 is 30.5 Å². The molecule has 0 saturated heterocycles. The summed E-state index contributed by atoms with van der Waals surface area (Å²) in [5, 5.41) is 40.6. The van der Waals surface area contributed by atoms with E-state index in [2.05, 4.69) is 5.32 Å². The predicted molar refractivity (Wildman–Crippen MR) is 66.3 cm³/mol. The quantitative estimate of drug-likeness (QED) is 0.409. The van der Waals surface area contributed by atoms with Gasteiger partial charge in [-0.25, -0.2) is 4.79 Å². The molecular weight excluding hydrogens is 254 g/mol. The first kappa shape index (κ1) is 14.3. The van der Waals surface area contributed by atoms with E-state index in [1.807, 2.05) is 0 Å². The zero-order valence-corrected chi connectivity index (χ0v) is 11.1. The number of carbonyl (C=O) groups excluding carboxylic acids is 1. The molecule has 4 unspecified atom stereocenters. The second kappa shape index (κ2) is 5.87. The molecule has 0 bridgehead atoms. The molecule has 0 radical (unpaired) electrons. The van der Waals surface area contributed by atoms with Crippen molar-refractivity contribution in [3.8, 4) is 0 Å². The number of aliphatic hydroxyl groups is 4. The van der Waals surface area contributed by atoms with Crippen LogP contribution in [-0.4, -0.2) is 63.1 Å². The highest BCUT2D eigenvalue weighted by atomic mass is 16.6. The van der Waals surface area contributed by atoms with Crippen LogP contribution in [0.2, 0.25) is 0 Å². The Hall–Kier alpha value is -1.15. The summed E-state index contributed by atoms with van der Waals surface area (Å²) in [7, 11) is 0. The molecule has 0 aromatic carbocycles. The van der Waals surface area contributed by atoms with Crippen LogP contribution in [0.1, 0.15) is 22.1 Å². The fourth-order valence-electron chi connectivity index (χ4n) is 1.69. The number of aliphatic hydroxyl groups excluding tert-OH is 4. The fourth-order valence-corrected chi connectivity index (χ4v) is 1.69. The van der Waals surface area contributed by atoms with E-state index in [1.54, 1.807) is 20.8 Å². The van der Waals surface area contributed by atoms with Crippen LogP contribution >= 0.6 is 0 Å². The van der Waals surface area contributed by atoms with Crippen molar-refractivity contribution in [2.45, 2.75) is 50.7 Å². The normalized spacial score (nSPS) is 34.1. The fraction of sp³-hybridized carbons (Fsp3) is 0.750. The number of amides is 1. The number of carbonyl (C=O) groups is 1. The second-order valence-corrected chi connectivity index (χ2v) is 5.39. The first-order valence-electron chi connectivity index (χ1n) is 6.46. The van der Waals surface area contributed by atoms with E-state index in [-0.39, 0.29) is 5.57 Å². The van der Waals surface area contributed by atoms with Gasteiger partial charge in [-0.1, -0.05) is 6.08 Å². The highest BCUT2D eigenvalue weighted by molar-refractivity contribution is 5.68. The lowest BCUT2D eigenvalue weighted by atomic mass is 9.88. The number of hydrogen-bond acceptors (Lipinski definition) is 6. The molecule has 110 valence electrons. The van der Waals surface area contributed by atoms with Crippen LogP contribution in [0.25, 0.3) is 0 Å². The summed E-state index contributed by atoms with van der Waals surface area (Å²) in [5.41, 5.74) is -0.924. The first-order chi connectivity index (χ1) is 9.03. The van der Waals surface area contributed by atoms with E-state index in [1.165, 1.54) is 0 Å². The van der Waals surface area contributed by atoms with Crippen molar-refractivity contribution < 1.29 is 31.3 Å². The molecule has 1 amide bonds.